The molecular formula is C42H36IN5O. The van der Waals surface area contributed by atoms with Crippen LogP contribution in [0.1, 0.15) is 47.5 Å². The maximum absolute atomic E-state index is 6.47. The van der Waals surface area contributed by atoms with E-state index < -0.39 is 5.54 Å². The highest BCUT2D eigenvalue weighted by Gasteiger charge is 2.41. The fourth-order valence-electron chi connectivity index (χ4n) is 6.38. The summed E-state index contributed by atoms with van der Waals surface area (Å²) in [5.41, 5.74) is 8.32. The minimum atomic E-state index is -0.866. The van der Waals surface area contributed by atoms with Gasteiger partial charge in [-0.05, 0) is 80.1 Å². The van der Waals surface area contributed by atoms with Crippen LogP contribution in [-0.4, -0.2) is 25.2 Å². The molecule has 2 aromatic heterocycles. The smallest absolute Gasteiger partial charge is 0.205 e. The summed E-state index contributed by atoms with van der Waals surface area (Å²) in [7, 11) is 0. The number of hydrogen-bond donors (Lipinski definition) is 0. The first-order chi connectivity index (χ1) is 24.1. The Kier molecular flexibility index (Phi) is 9.61. The highest BCUT2D eigenvalue weighted by Crippen LogP contribution is 2.40. The van der Waals surface area contributed by atoms with Crippen molar-refractivity contribution in [3.8, 4) is 28.3 Å². The predicted octanol–water partition coefficient (Wildman–Crippen LogP) is 9.55. The molecule has 0 atom stereocenters. The zero-order valence-corrected chi connectivity index (χ0v) is 29.7. The number of nitrogens with zero attached hydrogens (tertiary/aromatic N) is 5. The van der Waals surface area contributed by atoms with E-state index in [2.05, 4.69) is 146 Å². The molecule has 0 spiro atoms. The molecule has 0 saturated heterocycles. The van der Waals surface area contributed by atoms with Crippen molar-refractivity contribution in [2.75, 3.05) is 0 Å². The Labute approximate surface area is 301 Å². The summed E-state index contributed by atoms with van der Waals surface area (Å²) < 4.78 is 7.53. The molecule has 7 rings (SSSR count). The third-order valence-electron chi connectivity index (χ3n) is 8.84. The van der Waals surface area contributed by atoms with Gasteiger partial charge in [0.05, 0.1) is 9.26 Å². The lowest BCUT2D eigenvalue weighted by Gasteiger charge is -2.34. The van der Waals surface area contributed by atoms with Crippen LogP contribution in [0.15, 0.2) is 146 Å². The van der Waals surface area contributed by atoms with Crippen LogP contribution in [-0.2, 0) is 25.0 Å². The van der Waals surface area contributed by atoms with Gasteiger partial charge in [-0.1, -0.05) is 147 Å². The van der Waals surface area contributed by atoms with Crippen molar-refractivity contribution in [2.24, 2.45) is 0 Å². The van der Waals surface area contributed by atoms with E-state index >= 15 is 0 Å². The Bertz CT molecular complexity index is 2060. The largest absolute Gasteiger partial charge is 0.488 e. The molecule has 2 heterocycles. The average molecular weight is 754 g/mol. The van der Waals surface area contributed by atoms with Crippen molar-refractivity contribution in [1.82, 2.24) is 25.2 Å². The maximum atomic E-state index is 6.47. The molecule has 49 heavy (non-hydrogen) atoms. The molecule has 242 valence electrons. The highest BCUT2D eigenvalue weighted by atomic mass is 127. The van der Waals surface area contributed by atoms with Gasteiger partial charge < -0.3 is 4.74 Å². The molecule has 7 aromatic rings. The van der Waals surface area contributed by atoms with Crippen LogP contribution in [0.2, 0.25) is 0 Å². The van der Waals surface area contributed by atoms with Crippen molar-refractivity contribution >= 4 is 22.6 Å². The molecule has 0 aliphatic carbocycles. The summed E-state index contributed by atoms with van der Waals surface area (Å²) in [6, 6.07) is 50.0. The van der Waals surface area contributed by atoms with Gasteiger partial charge in [0.1, 0.15) is 12.4 Å². The van der Waals surface area contributed by atoms with Crippen molar-refractivity contribution in [2.45, 2.75) is 38.8 Å². The van der Waals surface area contributed by atoms with E-state index in [1.165, 1.54) is 0 Å². The molecular weight excluding hydrogens is 717 g/mol. The lowest BCUT2D eigenvalue weighted by atomic mass is 9.77. The zero-order valence-electron chi connectivity index (χ0n) is 27.5. The molecule has 5 aromatic carbocycles. The number of benzene rings is 5. The second kappa shape index (κ2) is 14.5. The average Bonchev–Trinajstić information content (AvgIpc) is 3.67. The van der Waals surface area contributed by atoms with Gasteiger partial charge in [-0.25, -0.2) is 0 Å². The number of aryl methyl sites for hydroxylation is 2. The summed E-state index contributed by atoms with van der Waals surface area (Å²) in [6.07, 6.45) is 1.71. The molecule has 0 amide bonds. The van der Waals surface area contributed by atoms with Crippen LogP contribution in [0.25, 0.3) is 22.5 Å². The van der Waals surface area contributed by atoms with E-state index in [0.717, 1.165) is 72.5 Å². The van der Waals surface area contributed by atoms with Gasteiger partial charge in [0.15, 0.2) is 5.54 Å². The first-order valence-electron chi connectivity index (χ1n) is 16.6. The Balaban J connectivity index is 1.37. The molecule has 0 N–H and O–H groups in total. The number of hydrogen-bond acceptors (Lipinski definition) is 5. The monoisotopic (exact) mass is 753 g/mol. The molecule has 0 radical (unpaired) electrons. The van der Waals surface area contributed by atoms with Gasteiger partial charge >= 0.3 is 0 Å². The van der Waals surface area contributed by atoms with Crippen LogP contribution in [0.5, 0.6) is 5.75 Å². The zero-order chi connectivity index (χ0) is 33.6. The minimum absolute atomic E-state index is 0.393. The van der Waals surface area contributed by atoms with Crippen molar-refractivity contribution in [1.29, 1.82) is 0 Å². The van der Waals surface area contributed by atoms with Gasteiger partial charge in [0, 0.05) is 17.3 Å². The highest BCUT2D eigenvalue weighted by molar-refractivity contribution is 14.1. The SMILES string of the molecule is CCc1cc(OCc2ccc(-c3ccccc3)c(-c3nnn(C(c4ccccc4)(c4ccccc4)c4ccccc4)n3)c2)c(I)c(CC)n1. The van der Waals surface area contributed by atoms with E-state index in [4.69, 9.17) is 25.1 Å². The number of ether oxygens (including phenoxy) is 1. The Hall–Kier alpha value is -5.15. The van der Waals surface area contributed by atoms with Gasteiger partial charge in [0.25, 0.3) is 0 Å². The van der Waals surface area contributed by atoms with Crippen molar-refractivity contribution in [3.63, 3.8) is 0 Å². The van der Waals surface area contributed by atoms with Gasteiger partial charge in [-0.15, -0.1) is 15.0 Å². The Morgan fingerprint density at radius 1 is 0.653 bits per heavy atom. The minimum Gasteiger partial charge on any atom is -0.488 e. The summed E-state index contributed by atoms with van der Waals surface area (Å²) in [6.45, 7) is 4.64. The molecule has 7 heteroatoms. The Morgan fingerprint density at radius 3 is 1.78 bits per heavy atom. The summed E-state index contributed by atoms with van der Waals surface area (Å²) in [4.78, 5) is 6.57. The number of pyridine rings is 1. The lowest BCUT2D eigenvalue weighted by Crippen LogP contribution is -2.39. The number of rotatable bonds is 11. The fraction of sp³-hybridized carbons (Fsp3) is 0.143. The first-order valence-corrected chi connectivity index (χ1v) is 17.7. The van der Waals surface area contributed by atoms with Crippen molar-refractivity contribution in [3.05, 3.63) is 183 Å². The summed E-state index contributed by atoms with van der Waals surface area (Å²) in [5, 5.41) is 14.8. The second-order valence-corrected chi connectivity index (χ2v) is 12.9. The first kappa shape index (κ1) is 32.4. The van der Waals surface area contributed by atoms with E-state index in [9.17, 15) is 0 Å². The van der Waals surface area contributed by atoms with Crippen LogP contribution in [0.3, 0.4) is 0 Å². The fourth-order valence-corrected chi connectivity index (χ4v) is 7.19. The van der Waals surface area contributed by atoms with Crippen LogP contribution < -0.4 is 4.74 Å². The number of aromatic nitrogens is 5. The second-order valence-electron chi connectivity index (χ2n) is 11.8. The molecule has 0 aliphatic heterocycles. The Morgan fingerprint density at radius 2 is 1.22 bits per heavy atom. The predicted molar refractivity (Wildman–Crippen MR) is 203 cm³/mol. The van der Waals surface area contributed by atoms with Crippen molar-refractivity contribution < 1.29 is 4.74 Å². The quantitative estimate of drug-likeness (QED) is 0.0973. The molecule has 6 nitrogen and oxygen atoms in total. The van der Waals surface area contributed by atoms with Gasteiger partial charge in [-0.2, -0.15) is 0 Å². The number of tetrazole rings is 1. The number of halogens is 1. The van der Waals surface area contributed by atoms with Crippen LogP contribution in [0, 0.1) is 3.57 Å². The normalized spacial score (nSPS) is 11.4. The standard InChI is InChI=1S/C42H36IN5O/c1-3-35-28-39(40(43)38(4-2)44-35)49-29-30-25-26-36(31-17-9-5-10-18-31)37(27-30)41-45-47-48(46-41)42(32-19-11-6-12-20-32,33-21-13-7-14-22-33)34-23-15-8-16-24-34/h5-28H,3-4,29H2,1-2H3. The molecule has 0 unspecified atom stereocenters. The molecule has 0 fully saturated rings. The van der Waals surface area contributed by atoms with E-state index in [1.54, 1.807) is 4.80 Å². The third kappa shape index (κ3) is 6.38. The van der Waals surface area contributed by atoms with Gasteiger partial charge in [-0.3, -0.25) is 4.98 Å². The molecule has 0 saturated carbocycles. The van der Waals surface area contributed by atoms with Crippen LogP contribution in [0.4, 0.5) is 0 Å². The molecule has 0 aliphatic rings. The van der Waals surface area contributed by atoms with Crippen LogP contribution >= 0.6 is 22.6 Å². The van der Waals surface area contributed by atoms with E-state index in [0.29, 0.717) is 12.4 Å². The molecule has 0 bridgehead atoms. The topological polar surface area (TPSA) is 65.7 Å². The van der Waals surface area contributed by atoms with E-state index in [-0.39, 0.29) is 0 Å². The van der Waals surface area contributed by atoms with Gasteiger partial charge in [0.2, 0.25) is 5.82 Å². The maximum Gasteiger partial charge on any atom is 0.205 e. The summed E-state index contributed by atoms with van der Waals surface area (Å²) in [5.74, 6) is 1.40. The van der Waals surface area contributed by atoms with E-state index in [1.807, 2.05) is 36.4 Å². The third-order valence-corrected chi connectivity index (χ3v) is 9.99. The lowest BCUT2D eigenvalue weighted by molar-refractivity contribution is 0.303. The summed E-state index contributed by atoms with van der Waals surface area (Å²) >= 11 is 2.35.